The maximum atomic E-state index is 11.7. The number of hydrazone groups is 1. The molecule has 6 heteroatoms. The Morgan fingerprint density at radius 3 is 2.89 bits per heavy atom. The van der Waals surface area contributed by atoms with Crippen LogP contribution in [0.5, 0.6) is 0 Å². The van der Waals surface area contributed by atoms with Crippen molar-refractivity contribution in [2.45, 2.75) is 0 Å². The highest BCUT2D eigenvalue weighted by atomic mass is 79.9. The third-order valence-electron chi connectivity index (χ3n) is 2.77. The van der Waals surface area contributed by atoms with E-state index in [-0.39, 0.29) is 5.91 Å². The first-order chi connectivity index (χ1) is 9.25. The van der Waals surface area contributed by atoms with Gasteiger partial charge in [-0.05, 0) is 6.07 Å². The van der Waals surface area contributed by atoms with Crippen LogP contribution in [-0.2, 0) is 4.79 Å². The third-order valence-corrected chi connectivity index (χ3v) is 4.43. The molecule has 0 unspecified atom stereocenters. The maximum absolute atomic E-state index is 11.7. The van der Waals surface area contributed by atoms with Crippen molar-refractivity contribution >= 4 is 39.8 Å². The number of halogens is 1. The Balaban J connectivity index is 1.78. The van der Waals surface area contributed by atoms with E-state index in [1.54, 1.807) is 6.21 Å². The minimum absolute atomic E-state index is 0.0600. The van der Waals surface area contributed by atoms with Gasteiger partial charge in [0.2, 0.25) is 0 Å². The summed E-state index contributed by atoms with van der Waals surface area (Å²) in [6, 6.07) is 7.74. The van der Waals surface area contributed by atoms with Gasteiger partial charge in [-0.3, -0.25) is 9.69 Å². The second kappa shape index (κ2) is 7.67. The van der Waals surface area contributed by atoms with Crippen LogP contribution >= 0.6 is 27.7 Å². The van der Waals surface area contributed by atoms with Crippen molar-refractivity contribution in [1.82, 2.24) is 10.3 Å². The van der Waals surface area contributed by atoms with Gasteiger partial charge in [0.25, 0.3) is 5.91 Å². The number of amides is 1. The molecule has 2 rings (SSSR count). The molecule has 0 bridgehead atoms. The van der Waals surface area contributed by atoms with Crippen LogP contribution in [0.25, 0.3) is 0 Å². The highest BCUT2D eigenvalue weighted by molar-refractivity contribution is 9.10. The highest BCUT2D eigenvalue weighted by Gasteiger charge is 2.13. The van der Waals surface area contributed by atoms with Gasteiger partial charge in [0.1, 0.15) is 0 Å². The SMILES string of the molecule is O=C(CN1CCSCC1)N/N=C/c1ccccc1Br. The minimum atomic E-state index is -0.0600. The first-order valence-electron chi connectivity index (χ1n) is 6.12. The van der Waals surface area contributed by atoms with Crippen molar-refractivity contribution in [2.75, 3.05) is 31.1 Å². The number of nitrogens with one attached hydrogen (secondary N) is 1. The molecule has 1 saturated heterocycles. The molecule has 1 heterocycles. The van der Waals surface area contributed by atoms with Gasteiger partial charge in [0.15, 0.2) is 0 Å². The zero-order valence-electron chi connectivity index (χ0n) is 10.5. The monoisotopic (exact) mass is 341 g/mol. The van der Waals surface area contributed by atoms with E-state index in [9.17, 15) is 4.79 Å². The standard InChI is InChI=1S/C13H16BrN3OS/c14-12-4-2-1-3-11(12)9-15-16-13(18)10-17-5-7-19-8-6-17/h1-4,9H,5-8,10H2,(H,16,18)/b15-9+. The van der Waals surface area contributed by atoms with E-state index in [1.165, 1.54) is 0 Å². The molecule has 1 fully saturated rings. The summed E-state index contributed by atoms with van der Waals surface area (Å²) >= 11 is 5.36. The largest absolute Gasteiger partial charge is 0.293 e. The number of nitrogens with zero attached hydrogens (tertiary/aromatic N) is 2. The fourth-order valence-corrected chi connectivity index (χ4v) is 3.12. The zero-order valence-corrected chi connectivity index (χ0v) is 12.9. The Kier molecular flexibility index (Phi) is 5.88. The topological polar surface area (TPSA) is 44.7 Å². The lowest BCUT2D eigenvalue weighted by atomic mass is 10.2. The summed E-state index contributed by atoms with van der Waals surface area (Å²) < 4.78 is 0.959. The van der Waals surface area contributed by atoms with Crippen molar-refractivity contribution in [3.63, 3.8) is 0 Å². The van der Waals surface area contributed by atoms with Gasteiger partial charge in [-0.15, -0.1) is 0 Å². The summed E-state index contributed by atoms with van der Waals surface area (Å²) in [6.07, 6.45) is 1.65. The Morgan fingerprint density at radius 1 is 1.42 bits per heavy atom. The molecule has 1 aromatic rings. The molecule has 19 heavy (non-hydrogen) atoms. The van der Waals surface area contributed by atoms with Crippen LogP contribution in [0.3, 0.4) is 0 Å². The average molecular weight is 342 g/mol. The lowest BCUT2D eigenvalue weighted by Gasteiger charge is -2.24. The van der Waals surface area contributed by atoms with Gasteiger partial charge in [-0.2, -0.15) is 16.9 Å². The molecule has 0 atom stereocenters. The Labute approximate surface area is 125 Å². The van der Waals surface area contributed by atoms with Crippen molar-refractivity contribution < 1.29 is 4.79 Å². The Hall–Kier alpha value is -0.850. The second-order valence-electron chi connectivity index (χ2n) is 4.20. The van der Waals surface area contributed by atoms with Crippen LogP contribution < -0.4 is 5.43 Å². The molecule has 1 N–H and O–H groups in total. The van der Waals surface area contributed by atoms with Crippen molar-refractivity contribution in [3.8, 4) is 0 Å². The van der Waals surface area contributed by atoms with Crippen LogP contribution in [0.15, 0.2) is 33.8 Å². The quantitative estimate of drug-likeness (QED) is 0.672. The molecule has 1 aliphatic heterocycles. The summed E-state index contributed by atoms with van der Waals surface area (Å²) in [5.41, 5.74) is 3.51. The van der Waals surface area contributed by atoms with Crippen molar-refractivity contribution in [2.24, 2.45) is 5.10 Å². The van der Waals surface area contributed by atoms with Gasteiger partial charge in [0, 0.05) is 34.6 Å². The number of hydrogen-bond donors (Lipinski definition) is 1. The van der Waals surface area contributed by atoms with Crippen LogP contribution in [0.4, 0.5) is 0 Å². The first-order valence-corrected chi connectivity index (χ1v) is 8.07. The molecule has 0 spiro atoms. The molecule has 1 amide bonds. The molecule has 0 saturated carbocycles. The number of benzene rings is 1. The summed E-state index contributed by atoms with van der Waals surface area (Å²) in [6.45, 7) is 2.38. The van der Waals surface area contributed by atoms with Crippen LogP contribution in [0.1, 0.15) is 5.56 Å². The third kappa shape index (κ3) is 4.97. The number of hydrogen-bond acceptors (Lipinski definition) is 4. The first kappa shape index (κ1) is 14.6. The van der Waals surface area contributed by atoms with E-state index in [2.05, 4.69) is 31.4 Å². The lowest BCUT2D eigenvalue weighted by Crippen LogP contribution is -2.40. The average Bonchev–Trinajstić information content (AvgIpc) is 2.42. The van der Waals surface area contributed by atoms with E-state index >= 15 is 0 Å². The van der Waals surface area contributed by atoms with E-state index in [1.807, 2.05) is 36.0 Å². The predicted molar refractivity (Wildman–Crippen MR) is 83.6 cm³/mol. The Bertz CT molecular complexity index is 461. The summed E-state index contributed by atoms with van der Waals surface area (Å²) in [5.74, 6) is 2.15. The van der Waals surface area contributed by atoms with E-state index < -0.39 is 0 Å². The second-order valence-corrected chi connectivity index (χ2v) is 6.28. The fraction of sp³-hybridized carbons (Fsp3) is 0.385. The van der Waals surface area contributed by atoms with Crippen molar-refractivity contribution in [1.29, 1.82) is 0 Å². The number of carbonyl (C=O) groups is 1. The molecule has 102 valence electrons. The van der Waals surface area contributed by atoms with Crippen LogP contribution in [0, 0.1) is 0 Å². The predicted octanol–water partition coefficient (Wildman–Crippen LogP) is 1.95. The highest BCUT2D eigenvalue weighted by Crippen LogP contribution is 2.13. The van der Waals surface area contributed by atoms with E-state index in [0.717, 1.165) is 34.6 Å². The fourth-order valence-electron chi connectivity index (χ4n) is 1.75. The minimum Gasteiger partial charge on any atom is -0.293 e. The van der Waals surface area contributed by atoms with Crippen LogP contribution in [-0.4, -0.2) is 48.2 Å². The van der Waals surface area contributed by atoms with Gasteiger partial charge in [-0.1, -0.05) is 34.1 Å². The molecule has 1 aliphatic rings. The van der Waals surface area contributed by atoms with Gasteiger partial charge in [0.05, 0.1) is 12.8 Å². The molecule has 0 radical (unpaired) electrons. The van der Waals surface area contributed by atoms with E-state index in [0.29, 0.717) is 6.54 Å². The maximum Gasteiger partial charge on any atom is 0.254 e. The summed E-state index contributed by atoms with van der Waals surface area (Å²) in [4.78, 5) is 13.9. The number of rotatable bonds is 4. The molecule has 4 nitrogen and oxygen atoms in total. The summed E-state index contributed by atoms with van der Waals surface area (Å²) in [7, 11) is 0. The number of thioether (sulfide) groups is 1. The van der Waals surface area contributed by atoms with Gasteiger partial charge < -0.3 is 0 Å². The molecule has 1 aromatic carbocycles. The Morgan fingerprint density at radius 2 is 2.16 bits per heavy atom. The molecule has 0 aromatic heterocycles. The smallest absolute Gasteiger partial charge is 0.254 e. The zero-order chi connectivity index (χ0) is 13.5. The van der Waals surface area contributed by atoms with Gasteiger partial charge in [-0.25, -0.2) is 5.43 Å². The molecular formula is C13H16BrN3OS. The normalized spacial score (nSPS) is 16.7. The van der Waals surface area contributed by atoms with Crippen LogP contribution in [0.2, 0.25) is 0 Å². The number of carbonyl (C=O) groups excluding carboxylic acids is 1. The molecular weight excluding hydrogens is 326 g/mol. The molecule has 0 aliphatic carbocycles. The van der Waals surface area contributed by atoms with Gasteiger partial charge >= 0.3 is 0 Å². The lowest BCUT2D eigenvalue weighted by molar-refractivity contribution is -0.122. The van der Waals surface area contributed by atoms with E-state index in [4.69, 9.17) is 0 Å². The van der Waals surface area contributed by atoms with Crippen molar-refractivity contribution in [3.05, 3.63) is 34.3 Å². The summed E-state index contributed by atoms with van der Waals surface area (Å²) in [5, 5.41) is 3.98.